The molecular formula is C29H23FN2O2S. The minimum atomic E-state index is -0.483. The van der Waals surface area contributed by atoms with Crippen LogP contribution in [0.4, 0.5) is 10.1 Å². The molecule has 0 saturated carbocycles. The average molecular weight is 483 g/mol. The predicted molar refractivity (Wildman–Crippen MR) is 139 cm³/mol. The Morgan fingerprint density at radius 2 is 1.49 bits per heavy atom. The summed E-state index contributed by atoms with van der Waals surface area (Å²) < 4.78 is 13.3. The molecule has 0 atom stereocenters. The van der Waals surface area contributed by atoms with Gasteiger partial charge in [-0.1, -0.05) is 66.7 Å². The number of halogens is 1. The molecule has 4 aromatic carbocycles. The topological polar surface area (TPSA) is 58.2 Å². The summed E-state index contributed by atoms with van der Waals surface area (Å²) in [5.41, 5.74) is 2.86. The molecule has 0 aliphatic heterocycles. The molecule has 0 heterocycles. The van der Waals surface area contributed by atoms with Gasteiger partial charge in [0.1, 0.15) is 11.5 Å². The first-order valence-corrected chi connectivity index (χ1v) is 12.0. The third-order valence-electron chi connectivity index (χ3n) is 5.05. The highest BCUT2D eigenvalue weighted by Crippen LogP contribution is 2.25. The van der Waals surface area contributed by atoms with Crippen molar-refractivity contribution >= 4 is 35.3 Å². The summed E-state index contributed by atoms with van der Waals surface area (Å²) in [7, 11) is 0. The molecule has 0 aromatic heterocycles. The van der Waals surface area contributed by atoms with Gasteiger partial charge in [-0.25, -0.2) is 4.39 Å². The molecule has 0 aliphatic rings. The first-order valence-electron chi connectivity index (χ1n) is 11.0. The molecule has 0 spiro atoms. The molecule has 0 unspecified atom stereocenters. The third-order valence-corrected chi connectivity index (χ3v) is 6.11. The fourth-order valence-electron chi connectivity index (χ4n) is 3.27. The summed E-state index contributed by atoms with van der Waals surface area (Å²) in [6.07, 6.45) is 1.52. The highest BCUT2D eigenvalue weighted by molar-refractivity contribution is 7.98. The van der Waals surface area contributed by atoms with E-state index in [1.165, 1.54) is 35.9 Å². The van der Waals surface area contributed by atoms with Crippen molar-refractivity contribution in [2.75, 3.05) is 5.32 Å². The highest BCUT2D eigenvalue weighted by Gasteiger charge is 2.15. The van der Waals surface area contributed by atoms with E-state index in [0.29, 0.717) is 16.8 Å². The Morgan fingerprint density at radius 1 is 0.800 bits per heavy atom. The van der Waals surface area contributed by atoms with Crippen LogP contribution in [0.3, 0.4) is 0 Å². The number of benzene rings is 4. The Morgan fingerprint density at radius 3 is 2.20 bits per heavy atom. The van der Waals surface area contributed by atoms with Crippen LogP contribution in [-0.4, -0.2) is 11.8 Å². The molecule has 2 N–H and O–H groups in total. The van der Waals surface area contributed by atoms with Crippen molar-refractivity contribution in [3.63, 3.8) is 0 Å². The summed E-state index contributed by atoms with van der Waals surface area (Å²) in [5.74, 6) is -0.474. The van der Waals surface area contributed by atoms with Crippen LogP contribution < -0.4 is 10.6 Å². The molecule has 2 amide bonds. The number of rotatable bonds is 8. The van der Waals surface area contributed by atoms with Crippen molar-refractivity contribution in [2.45, 2.75) is 10.6 Å². The Hall–Kier alpha value is -4.16. The van der Waals surface area contributed by atoms with Gasteiger partial charge in [0.2, 0.25) is 0 Å². The molecule has 4 rings (SSSR count). The van der Waals surface area contributed by atoms with Gasteiger partial charge in [-0.3, -0.25) is 9.59 Å². The second kappa shape index (κ2) is 11.8. The van der Waals surface area contributed by atoms with Gasteiger partial charge in [-0.15, -0.1) is 11.8 Å². The number of hydrogen-bond acceptors (Lipinski definition) is 3. The Labute approximate surface area is 207 Å². The predicted octanol–water partition coefficient (Wildman–Crippen LogP) is 6.53. The lowest BCUT2D eigenvalue weighted by atomic mass is 10.1. The van der Waals surface area contributed by atoms with Gasteiger partial charge in [0.05, 0.1) is 0 Å². The molecule has 0 saturated heterocycles. The summed E-state index contributed by atoms with van der Waals surface area (Å²) in [5, 5.41) is 5.55. The number of carbonyl (C=O) groups excluding carboxylic acids is 2. The molecule has 6 heteroatoms. The van der Waals surface area contributed by atoms with Crippen LogP contribution in [0.2, 0.25) is 0 Å². The molecule has 4 nitrogen and oxygen atoms in total. The molecule has 0 aliphatic carbocycles. The molecular weight excluding hydrogens is 459 g/mol. The van der Waals surface area contributed by atoms with E-state index < -0.39 is 11.8 Å². The standard InChI is InChI=1S/C29H23FN2O2S/c30-24-16-14-21(15-17-24)18-27(32-28(33)23-10-5-2-6-11-23)29(34)31-25-12-7-13-26(19-25)35-20-22-8-3-1-4-9-22/h1-19H,20H2,(H,31,34)(H,32,33)/b27-18-. The average Bonchev–Trinajstić information content (AvgIpc) is 2.89. The van der Waals surface area contributed by atoms with Gasteiger partial charge in [0, 0.05) is 21.9 Å². The molecule has 0 bridgehead atoms. The van der Waals surface area contributed by atoms with Crippen LogP contribution in [0.1, 0.15) is 21.5 Å². The van der Waals surface area contributed by atoms with Crippen LogP contribution in [0.25, 0.3) is 6.08 Å². The van der Waals surface area contributed by atoms with Crippen LogP contribution in [0, 0.1) is 5.82 Å². The van der Waals surface area contributed by atoms with E-state index in [0.717, 1.165) is 10.6 Å². The van der Waals surface area contributed by atoms with E-state index in [2.05, 4.69) is 22.8 Å². The van der Waals surface area contributed by atoms with Crippen molar-refractivity contribution in [3.05, 3.63) is 137 Å². The number of anilines is 1. The quantitative estimate of drug-likeness (QED) is 0.222. The van der Waals surface area contributed by atoms with E-state index in [-0.39, 0.29) is 11.5 Å². The Balaban J connectivity index is 1.51. The molecule has 4 aromatic rings. The van der Waals surface area contributed by atoms with Crippen molar-refractivity contribution in [2.24, 2.45) is 0 Å². The van der Waals surface area contributed by atoms with Crippen LogP contribution >= 0.6 is 11.8 Å². The van der Waals surface area contributed by atoms with Gasteiger partial charge in [-0.05, 0) is 59.7 Å². The second-order valence-electron chi connectivity index (χ2n) is 7.69. The molecule has 174 valence electrons. The zero-order valence-corrected chi connectivity index (χ0v) is 19.6. The van der Waals surface area contributed by atoms with Gasteiger partial charge in [0.25, 0.3) is 11.8 Å². The monoisotopic (exact) mass is 482 g/mol. The van der Waals surface area contributed by atoms with Crippen molar-refractivity contribution in [1.82, 2.24) is 5.32 Å². The van der Waals surface area contributed by atoms with E-state index in [1.807, 2.05) is 42.5 Å². The minimum absolute atomic E-state index is 0.0489. The SMILES string of the molecule is O=C(Nc1cccc(SCc2ccccc2)c1)/C(=C/c1ccc(F)cc1)NC(=O)c1ccccc1. The number of hydrogen-bond donors (Lipinski definition) is 2. The van der Waals surface area contributed by atoms with Crippen molar-refractivity contribution in [3.8, 4) is 0 Å². The number of carbonyl (C=O) groups is 2. The lowest BCUT2D eigenvalue weighted by molar-refractivity contribution is -0.113. The number of nitrogens with one attached hydrogen (secondary N) is 2. The van der Waals surface area contributed by atoms with E-state index in [1.54, 1.807) is 42.1 Å². The zero-order valence-electron chi connectivity index (χ0n) is 18.8. The first-order chi connectivity index (χ1) is 17.1. The maximum atomic E-state index is 13.3. The molecule has 0 fully saturated rings. The highest BCUT2D eigenvalue weighted by atomic mass is 32.2. The van der Waals surface area contributed by atoms with Crippen molar-refractivity contribution < 1.29 is 14.0 Å². The first kappa shape index (κ1) is 24.0. The number of amides is 2. The lowest BCUT2D eigenvalue weighted by Crippen LogP contribution is -2.30. The lowest BCUT2D eigenvalue weighted by Gasteiger charge is -2.12. The maximum Gasteiger partial charge on any atom is 0.272 e. The van der Waals surface area contributed by atoms with Crippen LogP contribution in [-0.2, 0) is 10.5 Å². The number of thioether (sulfide) groups is 1. The van der Waals surface area contributed by atoms with Crippen LogP contribution in [0.5, 0.6) is 0 Å². The smallest absolute Gasteiger partial charge is 0.272 e. The summed E-state index contributed by atoms with van der Waals surface area (Å²) >= 11 is 1.66. The van der Waals surface area contributed by atoms with E-state index in [4.69, 9.17) is 0 Å². The summed E-state index contributed by atoms with van der Waals surface area (Å²) in [6, 6.07) is 32.0. The van der Waals surface area contributed by atoms with Gasteiger partial charge in [0.15, 0.2) is 0 Å². The normalized spacial score (nSPS) is 11.1. The van der Waals surface area contributed by atoms with Crippen molar-refractivity contribution in [1.29, 1.82) is 0 Å². The fourth-order valence-corrected chi connectivity index (χ4v) is 4.18. The summed E-state index contributed by atoms with van der Waals surface area (Å²) in [6.45, 7) is 0. The Bertz CT molecular complexity index is 1320. The zero-order chi connectivity index (χ0) is 24.5. The summed E-state index contributed by atoms with van der Waals surface area (Å²) in [4.78, 5) is 26.9. The third kappa shape index (κ3) is 7.16. The van der Waals surface area contributed by atoms with E-state index >= 15 is 0 Å². The van der Waals surface area contributed by atoms with Crippen LogP contribution in [0.15, 0.2) is 120 Å². The maximum absolute atomic E-state index is 13.3. The Kier molecular flexibility index (Phi) is 8.09. The largest absolute Gasteiger partial charge is 0.321 e. The minimum Gasteiger partial charge on any atom is -0.321 e. The van der Waals surface area contributed by atoms with Gasteiger partial charge >= 0.3 is 0 Å². The van der Waals surface area contributed by atoms with Gasteiger partial charge < -0.3 is 10.6 Å². The van der Waals surface area contributed by atoms with E-state index in [9.17, 15) is 14.0 Å². The second-order valence-corrected chi connectivity index (χ2v) is 8.73. The molecule has 0 radical (unpaired) electrons. The fraction of sp³-hybridized carbons (Fsp3) is 0.0345. The van der Waals surface area contributed by atoms with Gasteiger partial charge in [-0.2, -0.15) is 0 Å². The molecule has 35 heavy (non-hydrogen) atoms.